The van der Waals surface area contributed by atoms with Crippen LogP contribution in [0.5, 0.6) is 0 Å². The van der Waals surface area contributed by atoms with Crippen LogP contribution in [0.3, 0.4) is 0 Å². The molecule has 5 heteroatoms. The van der Waals surface area contributed by atoms with E-state index in [1.807, 2.05) is 57.2 Å². The zero-order chi connectivity index (χ0) is 20.3. The van der Waals surface area contributed by atoms with Crippen LogP contribution < -0.4 is 15.1 Å². The van der Waals surface area contributed by atoms with Crippen LogP contribution in [0, 0.1) is 20.8 Å². The van der Waals surface area contributed by atoms with Crippen molar-refractivity contribution >= 4 is 28.9 Å². The predicted octanol–water partition coefficient (Wildman–Crippen LogP) is 4.20. The molecule has 3 rings (SSSR count). The number of aryl methyl sites for hydroxylation is 3. The molecular weight excluding hydrogens is 350 g/mol. The van der Waals surface area contributed by atoms with E-state index in [-0.39, 0.29) is 18.4 Å². The molecule has 1 heterocycles. The van der Waals surface area contributed by atoms with Gasteiger partial charge in [0, 0.05) is 31.4 Å². The first-order valence-electron chi connectivity index (χ1n) is 9.86. The second-order valence-electron chi connectivity index (χ2n) is 7.64. The molecule has 0 bridgehead atoms. The van der Waals surface area contributed by atoms with E-state index in [4.69, 9.17) is 0 Å². The largest absolute Gasteiger partial charge is 0.372 e. The lowest BCUT2D eigenvalue weighted by molar-refractivity contribution is -0.120. The van der Waals surface area contributed by atoms with Gasteiger partial charge in [0.15, 0.2) is 0 Å². The van der Waals surface area contributed by atoms with Crippen LogP contribution in [0.15, 0.2) is 36.4 Å². The summed E-state index contributed by atoms with van der Waals surface area (Å²) in [6.45, 7) is 9.65. The van der Waals surface area contributed by atoms with E-state index >= 15 is 0 Å². The fourth-order valence-electron chi connectivity index (χ4n) is 4.02. The molecule has 2 aromatic rings. The Hall–Kier alpha value is -2.82. The standard InChI is InChI=1S/C23H29N3O2/c1-16-13-17(2)23(18(3)14-16)26(19(4)27)15-22(28)24-20-7-9-21(10-8-20)25-11-5-6-12-25/h7-10,13-14H,5-6,11-12,15H2,1-4H3,(H,24,28). The van der Waals surface area contributed by atoms with Crippen molar-refractivity contribution in [2.75, 3.05) is 34.8 Å². The Balaban J connectivity index is 1.70. The van der Waals surface area contributed by atoms with E-state index in [9.17, 15) is 9.59 Å². The number of benzene rings is 2. The predicted molar refractivity (Wildman–Crippen MR) is 115 cm³/mol. The van der Waals surface area contributed by atoms with Crippen LogP contribution in [0.1, 0.15) is 36.5 Å². The van der Waals surface area contributed by atoms with E-state index in [0.29, 0.717) is 0 Å². The Labute approximate surface area is 167 Å². The summed E-state index contributed by atoms with van der Waals surface area (Å²) in [6.07, 6.45) is 2.47. The van der Waals surface area contributed by atoms with Gasteiger partial charge in [-0.25, -0.2) is 0 Å². The average molecular weight is 380 g/mol. The minimum atomic E-state index is -0.205. The lowest BCUT2D eigenvalue weighted by Gasteiger charge is -2.25. The SMILES string of the molecule is CC(=O)N(CC(=O)Nc1ccc(N2CCCC2)cc1)c1c(C)cc(C)cc1C. The van der Waals surface area contributed by atoms with Crippen molar-refractivity contribution in [3.8, 4) is 0 Å². The number of amides is 2. The van der Waals surface area contributed by atoms with Crippen molar-refractivity contribution in [3.63, 3.8) is 0 Å². The summed E-state index contributed by atoms with van der Waals surface area (Å²) in [5, 5.41) is 2.91. The molecule has 148 valence electrons. The maximum atomic E-state index is 12.6. The van der Waals surface area contributed by atoms with Crippen molar-refractivity contribution in [2.24, 2.45) is 0 Å². The van der Waals surface area contributed by atoms with Gasteiger partial charge in [-0.15, -0.1) is 0 Å². The van der Waals surface area contributed by atoms with Gasteiger partial charge in [0.25, 0.3) is 0 Å². The van der Waals surface area contributed by atoms with Gasteiger partial charge in [-0.3, -0.25) is 9.59 Å². The fraction of sp³-hybridized carbons (Fsp3) is 0.391. The van der Waals surface area contributed by atoms with Gasteiger partial charge in [0.2, 0.25) is 11.8 Å². The molecule has 0 aliphatic carbocycles. The number of anilines is 3. The highest BCUT2D eigenvalue weighted by Gasteiger charge is 2.20. The molecule has 1 fully saturated rings. The summed E-state index contributed by atoms with van der Waals surface area (Å²) in [6, 6.07) is 12.0. The van der Waals surface area contributed by atoms with Gasteiger partial charge in [-0.05, 0) is 69.0 Å². The quantitative estimate of drug-likeness (QED) is 0.847. The second kappa shape index (κ2) is 8.46. The van der Waals surface area contributed by atoms with Gasteiger partial charge in [-0.1, -0.05) is 17.7 Å². The number of nitrogens with zero attached hydrogens (tertiary/aromatic N) is 2. The van der Waals surface area contributed by atoms with Crippen molar-refractivity contribution in [2.45, 2.75) is 40.5 Å². The summed E-state index contributed by atoms with van der Waals surface area (Å²) >= 11 is 0. The maximum absolute atomic E-state index is 12.6. The zero-order valence-electron chi connectivity index (χ0n) is 17.2. The molecule has 0 spiro atoms. The lowest BCUT2D eigenvalue weighted by atomic mass is 10.0. The molecule has 0 radical (unpaired) electrons. The van der Waals surface area contributed by atoms with Crippen LogP contribution in [0.25, 0.3) is 0 Å². The van der Waals surface area contributed by atoms with Crippen LogP contribution in [-0.4, -0.2) is 31.4 Å². The van der Waals surface area contributed by atoms with Gasteiger partial charge >= 0.3 is 0 Å². The normalized spacial score (nSPS) is 13.5. The summed E-state index contributed by atoms with van der Waals surface area (Å²) in [7, 11) is 0. The average Bonchev–Trinajstić information content (AvgIpc) is 3.15. The van der Waals surface area contributed by atoms with E-state index < -0.39 is 0 Å². The number of rotatable bonds is 5. The third-order valence-corrected chi connectivity index (χ3v) is 5.21. The third-order valence-electron chi connectivity index (χ3n) is 5.21. The highest BCUT2D eigenvalue weighted by molar-refractivity contribution is 6.02. The molecule has 28 heavy (non-hydrogen) atoms. The zero-order valence-corrected chi connectivity index (χ0v) is 17.2. The highest BCUT2D eigenvalue weighted by atomic mass is 16.2. The van der Waals surface area contributed by atoms with E-state index in [0.717, 1.165) is 41.2 Å². The van der Waals surface area contributed by atoms with Crippen molar-refractivity contribution in [3.05, 3.63) is 53.1 Å². The van der Waals surface area contributed by atoms with Crippen molar-refractivity contribution in [1.82, 2.24) is 0 Å². The summed E-state index contributed by atoms with van der Waals surface area (Å²) < 4.78 is 0. The number of carbonyl (C=O) groups excluding carboxylic acids is 2. The van der Waals surface area contributed by atoms with Crippen LogP contribution in [0.4, 0.5) is 17.1 Å². The molecule has 0 aromatic heterocycles. The second-order valence-corrected chi connectivity index (χ2v) is 7.64. The summed E-state index contributed by atoms with van der Waals surface area (Å²) in [5.41, 5.74) is 5.88. The molecule has 2 amide bonds. The number of carbonyl (C=O) groups is 2. The Kier molecular flexibility index (Phi) is 6.02. The third kappa shape index (κ3) is 4.53. The van der Waals surface area contributed by atoms with Crippen molar-refractivity contribution in [1.29, 1.82) is 0 Å². The lowest BCUT2D eigenvalue weighted by Crippen LogP contribution is -2.37. The minimum absolute atomic E-state index is 0.00600. The van der Waals surface area contributed by atoms with Gasteiger partial charge in [-0.2, -0.15) is 0 Å². The first kappa shape index (κ1) is 19.9. The molecule has 0 saturated carbocycles. The number of hydrogen-bond donors (Lipinski definition) is 1. The van der Waals surface area contributed by atoms with Crippen LogP contribution >= 0.6 is 0 Å². The molecule has 1 saturated heterocycles. The van der Waals surface area contributed by atoms with Gasteiger partial charge < -0.3 is 15.1 Å². The van der Waals surface area contributed by atoms with Gasteiger partial charge in [0.05, 0.1) is 5.69 Å². The number of nitrogens with one attached hydrogen (secondary N) is 1. The fourth-order valence-corrected chi connectivity index (χ4v) is 4.02. The Morgan fingerprint density at radius 3 is 2.11 bits per heavy atom. The molecule has 5 nitrogen and oxygen atoms in total. The Morgan fingerprint density at radius 1 is 1.00 bits per heavy atom. The topological polar surface area (TPSA) is 52.7 Å². The van der Waals surface area contributed by atoms with E-state index in [1.54, 1.807) is 4.90 Å². The molecule has 0 unspecified atom stereocenters. The first-order chi connectivity index (χ1) is 13.3. The van der Waals surface area contributed by atoms with Crippen LogP contribution in [0.2, 0.25) is 0 Å². The summed E-state index contributed by atoms with van der Waals surface area (Å²) in [5.74, 6) is -0.349. The van der Waals surface area contributed by atoms with E-state index in [1.165, 1.54) is 25.5 Å². The van der Waals surface area contributed by atoms with Crippen LogP contribution in [-0.2, 0) is 9.59 Å². The molecule has 1 N–H and O–H groups in total. The number of hydrogen-bond acceptors (Lipinski definition) is 3. The minimum Gasteiger partial charge on any atom is -0.372 e. The monoisotopic (exact) mass is 379 g/mol. The molecule has 0 atom stereocenters. The Bertz CT molecular complexity index is 845. The van der Waals surface area contributed by atoms with Crippen molar-refractivity contribution < 1.29 is 9.59 Å². The molecule has 1 aliphatic rings. The van der Waals surface area contributed by atoms with Gasteiger partial charge in [0.1, 0.15) is 6.54 Å². The smallest absolute Gasteiger partial charge is 0.244 e. The first-order valence-corrected chi connectivity index (χ1v) is 9.86. The molecule has 1 aliphatic heterocycles. The van der Waals surface area contributed by atoms with E-state index in [2.05, 4.69) is 10.2 Å². The highest BCUT2D eigenvalue weighted by Crippen LogP contribution is 2.27. The molecular formula is C23H29N3O2. The maximum Gasteiger partial charge on any atom is 0.244 e. The Morgan fingerprint density at radius 2 is 1.57 bits per heavy atom. The molecule has 2 aromatic carbocycles. The summed E-state index contributed by atoms with van der Waals surface area (Å²) in [4.78, 5) is 28.8.